The van der Waals surface area contributed by atoms with E-state index >= 15 is 0 Å². The highest BCUT2D eigenvalue weighted by molar-refractivity contribution is 14.1. The predicted octanol–water partition coefficient (Wildman–Crippen LogP) is 4.17. The maximum Gasteiger partial charge on any atom is 0.125 e. The van der Waals surface area contributed by atoms with E-state index in [9.17, 15) is 5.11 Å². The Bertz CT molecular complexity index is 616. The second kappa shape index (κ2) is 5.74. The van der Waals surface area contributed by atoms with Crippen LogP contribution in [0.5, 0.6) is 5.75 Å². The predicted molar refractivity (Wildman–Crippen MR) is 90.3 cm³/mol. The van der Waals surface area contributed by atoms with Gasteiger partial charge in [0.05, 0.1) is 7.11 Å². The Kier molecular flexibility index (Phi) is 4.39. The summed E-state index contributed by atoms with van der Waals surface area (Å²) in [5.74, 6) is 0.728. The van der Waals surface area contributed by atoms with Crippen molar-refractivity contribution in [2.45, 2.75) is 26.4 Å². The molecule has 1 unspecified atom stereocenters. The van der Waals surface area contributed by atoms with Crippen LogP contribution in [0.15, 0.2) is 36.4 Å². The molecular weight excluding hydrogens is 363 g/mol. The third kappa shape index (κ3) is 2.83. The topological polar surface area (TPSA) is 29.5 Å². The second-order valence-corrected chi connectivity index (χ2v) is 6.48. The normalized spacial score (nSPS) is 13.9. The van der Waals surface area contributed by atoms with Crippen LogP contribution < -0.4 is 4.74 Å². The fourth-order valence-corrected chi connectivity index (χ4v) is 2.99. The van der Waals surface area contributed by atoms with Gasteiger partial charge in [0.25, 0.3) is 0 Å². The molecule has 0 saturated heterocycles. The van der Waals surface area contributed by atoms with Crippen LogP contribution in [0.25, 0.3) is 0 Å². The molecule has 0 saturated carbocycles. The van der Waals surface area contributed by atoms with Crippen LogP contribution in [0.1, 0.15) is 29.2 Å². The molecule has 0 aliphatic heterocycles. The molecule has 0 spiro atoms. The van der Waals surface area contributed by atoms with Gasteiger partial charge in [-0.2, -0.15) is 0 Å². The monoisotopic (exact) mass is 382 g/mol. The average molecular weight is 382 g/mol. The maximum absolute atomic E-state index is 11.0. The minimum Gasteiger partial charge on any atom is -0.496 e. The lowest BCUT2D eigenvalue weighted by Gasteiger charge is -2.28. The van der Waals surface area contributed by atoms with Gasteiger partial charge < -0.3 is 9.84 Å². The molecule has 106 valence electrons. The molecular formula is C17H19IO2. The lowest BCUT2D eigenvalue weighted by molar-refractivity contribution is 0.0982. The third-order valence-electron chi connectivity index (χ3n) is 3.56. The Morgan fingerprint density at radius 2 is 1.70 bits per heavy atom. The Morgan fingerprint density at radius 1 is 1.10 bits per heavy atom. The molecule has 0 aliphatic carbocycles. The first-order valence-electron chi connectivity index (χ1n) is 6.50. The largest absolute Gasteiger partial charge is 0.496 e. The number of rotatable bonds is 3. The minimum atomic E-state index is -1.08. The van der Waals surface area contributed by atoms with Gasteiger partial charge in [0.1, 0.15) is 11.4 Å². The van der Waals surface area contributed by atoms with Gasteiger partial charge in [0.2, 0.25) is 0 Å². The molecule has 0 bridgehead atoms. The number of aryl methyl sites for hydroxylation is 2. The van der Waals surface area contributed by atoms with E-state index in [-0.39, 0.29) is 0 Å². The Balaban J connectivity index is 2.62. The molecule has 2 aromatic rings. The average Bonchev–Trinajstić information content (AvgIpc) is 2.37. The maximum atomic E-state index is 11.0. The number of halogens is 1. The number of benzene rings is 2. The standard InChI is InChI=1S/C17H19IO2/c1-11-9-12(2)16(15(10-11)20-4)17(3,19)13-5-7-14(18)8-6-13/h5-10,19H,1-4H3. The van der Waals surface area contributed by atoms with Crippen LogP contribution in [-0.4, -0.2) is 12.2 Å². The van der Waals surface area contributed by atoms with E-state index < -0.39 is 5.60 Å². The summed E-state index contributed by atoms with van der Waals surface area (Å²) in [6.45, 7) is 5.85. The van der Waals surface area contributed by atoms with E-state index in [1.807, 2.05) is 51.1 Å². The number of hydrogen-bond acceptors (Lipinski definition) is 2. The fourth-order valence-electron chi connectivity index (χ4n) is 2.63. The van der Waals surface area contributed by atoms with Crippen molar-refractivity contribution in [2.24, 2.45) is 0 Å². The number of ether oxygens (including phenoxy) is 1. The molecule has 2 nitrogen and oxygen atoms in total. The van der Waals surface area contributed by atoms with Crippen molar-refractivity contribution in [1.29, 1.82) is 0 Å². The summed E-state index contributed by atoms with van der Waals surface area (Å²) in [6.07, 6.45) is 0. The second-order valence-electron chi connectivity index (χ2n) is 5.24. The van der Waals surface area contributed by atoms with Gasteiger partial charge in [-0.25, -0.2) is 0 Å². The smallest absolute Gasteiger partial charge is 0.125 e. The fraction of sp³-hybridized carbons (Fsp3) is 0.294. The van der Waals surface area contributed by atoms with Gasteiger partial charge in [0, 0.05) is 9.13 Å². The first kappa shape index (κ1) is 15.3. The number of methoxy groups -OCH3 is 1. The van der Waals surface area contributed by atoms with Crippen molar-refractivity contribution in [1.82, 2.24) is 0 Å². The lowest BCUT2D eigenvalue weighted by atomic mass is 9.84. The molecule has 2 aromatic carbocycles. The van der Waals surface area contributed by atoms with Crippen molar-refractivity contribution in [3.05, 3.63) is 62.2 Å². The molecule has 0 amide bonds. The first-order valence-corrected chi connectivity index (χ1v) is 7.58. The zero-order valence-corrected chi connectivity index (χ0v) is 14.4. The molecule has 0 heterocycles. The molecule has 0 aromatic heterocycles. The summed E-state index contributed by atoms with van der Waals surface area (Å²) in [5, 5.41) is 11.0. The molecule has 0 aliphatic rings. The summed E-state index contributed by atoms with van der Waals surface area (Å²) in [7, 11) is 1.64. The van der Waals surface area contributed by atoms with E-state index in [4.69, 9.17) is 4.74 Å². The van der Waals surface area contributed by atoms with E-state index in [0.717, 1.165) is 31.6 Å². The van der Waals surface area contributed by atoms with Gasteiger partial charge in [-0.1, -0.05) is 18.2 Å². The van der Waals surface area contributed by atoms with E-state index in [0.29, 0.717) is 0 Å². The number of aliphatic hydroxyl groups is 1. The van der Waals surface area contributed by atoms with Gasteiger partial charge in [-0.05, 0) is 78.3 Å². The molecule has 2 rings (SSSR count). The van der Waals surface area contributed by atoms with E-state index in [1.165, 1.54) is 0 Å². The van der Waals surface area contributed by atoms with Crippen LogP contribution in [0.2, 0.25) is 0 Å². The van der Waals surface area contributed by atoms with Crippen molar-refractivity contribution in [2.75, 3.05) is 7.11 Å². The zero-order valence-electron chi connectivity index (χ0n) is 12.2. The van der Waals surface area contributed by atoms with Crippen molar-refractivity contribution in [3.63, 3.8) is 0 Å². The highest BCUT2D eigenvalue weighted by atomic mass is 127. The molecule has 3 heteroatoms. The van der Waals surface area contributed by atoms with Crippen LogP contribution in [0.3, 0.4) is 0 Å². The highest BCUT2D eigenvalue weighted by Crippen LogP contribution is 2.38. The molecule has 0 radical (unpaired) electrons. The van der Waals surface area contributed by atoms with Gasteiger partial charge >= 0.3 is 0 Å². The van der Waals surface area contributed by atoms with Gasteiger partial charge in [0.15, 0.2) is 0 Å². The van der Waals surface area contributed by atoms with Gasteiger partial charge in [-0.15, -0.1) is 0 Å². The summed E-state index contributed by atoms with van der Waals surface area (Å²) in [5.41, 5.74) is 2.77. The number of hydrogen-bond donors (Lipinski definition) is 1. The Labute approximate surface area is 133 Å². The Morgan fingerprint density at radius 3 is 2.25 bits per heavy atom. The quantitative estimate of drug-likeness (QED) is 0.808. The lowest BCUT2D eigenvalue weighted by Crippen LogP contribution is -2.25. The molecule has 0 fully saturated rings. The summed E-state index contributed by atoms with van der Waals surface area (Å²) < 4.78 is 6.62. The molecule has 1 atom stereocenters. The molecule has 1 N–H and O–H groups in total. The van der Waals surface area contributed by atoms with E-state index in [2.05, 4.69) is 28.7 Å². The molecule has 20 heavy (non-hydrogen) atoms. The van der Waals surface area contributed by atoms with Crippen LogP contribution in [0.4, 0.5) is 0 Å². The van der Waals surface area contributed by atoms with Crippen LogP contribution in [0, 0.1) is 17.4 Å². The Hall–Kier alpha value is -1.07. The zero-order chi connectivity index (χ0) is 14.9. The van der Waals surface area contributed by atoms with Crippen molar-refractivity contribution < 1.29 is 9.84 Å². The summed E-state index contributed by atoms with van der Waals surface area (Å²) in [4.78, 5) is 0. The SMILES string of the molecule is COc1cc(C)cc(C)c1C(C)(O)c1ccc(I)cc1. The first-order chi connectivity index (χ1) is 9.36. The third-order valence-corrected chi connectivity index (χ3v) is 4.28. The van der Waals surface area contributed by atoms with Crippen molar-refractivity contribution >= 4 is 22.6 Å². The van der Waals surface area contributed by atoms with E-state index in [1.54, 1.807) is 7.11 Å². The highest BCUT2D eigenvalue weighted by Gasteiger charge is 2.30. The van der Waals surface area contributed by atoms with Crippen LogP contribution in [-0.2, 0) is 5.60 Å². The van der Waals surface area contributed by atoms with Gasteiger partial charge in [-0.3, -0.25) is 0 Å². The summed E-state index contributed by atoms with van der Waals surface area (Å²) >= 11 is 2.26. The van der Waals surface area contributed by atoms with Crippen molar-refractivity contribution in [3.8, 4) is 5.75 Å². The minimum absolute atomic E-state index is 0.728. The summed E-state index contributed by atoms with van der Waals surface area (Å²) in [6, 6.07) is 11.9. The van der Waals surface area contributed by atoms with Crippen LogP contribution >= 0.6 is 22.6 Å².